The van der Waals surface area contributed by atoms with Crippen molar-refractivity contribution in [1.29, 1.82) is 0 Å². The number of anilines is 1. The summed E-state index contributed by atoms with van der Waals surface area (Å²) in [6.07, 6.45) is 5.43. The zero-order valence-electron chi connectivity index (χ0n) is 14.2. The summed E-state index contributed by atoms with van der Waals surface area (Å²) in [6.45, 7) is 2.97. The number of carbonyl (C=O) groups is 1. The van der Waals surface area contributed by atoms with E-state index in [2.05, 4.69) is 40.1 Å². The first kappa shape index (κ1) is 13.5. The van der Waals surface area contributed by atoms with Gasteiger partial charge >= 0.3 is 0 Å². The zero-order valence-corrected chi connectivity index (χ0v) is 14.2. The van der Waals surface area contributed by atoms with Crippen LogP contribution >= 0.6 is 0 Å². The first-order valence-corrected chi connectivity index (χ1v) is 9.75. The van der Waals surface area contributed by atoms with Crippen molar-refractivity contribution in [3.05, 3.63) is 41.5 Å². The summed E-state index contributed by atoms with van der Waals surface area (Å²) in [7, 11) is 0. The van der Waals surface area contributed by atoms with Gasteiger partial charge in [-0.05, 0) is 36.9 Å². The van der Waals surface area contributed by atoms with Crippen LogP contribution in [0, 0.1) is 11.8 Å². The van der Waals surface area contributed by atoms with Gasteiger partial charge in [0.05, 0.1) is 25.2 Å². The quantitative estimate of drug-likeness (QED) is 0.681. The van der Waals surface area contributed by atoms with Gasteiger partial charge in [0, 0.05) is 29.6 Å². The summed E-state index contributed by atoms with van der Waals surface area (Å²) >= 11 is 0. The third-order valence-corrected chi connectivity index (χ3v) is 8.22. The highest BCUT2D eigenvalue weighted by Gasteiger charge is 2.70. The van der Waals surface area contributed by atoms with Crippen LogP contribution in [0.15, 0.2) is 35.9 Å². The highest BCUT2D eigenvalue weighted by molar-refractivity contribution is 5.99. The van der Waals surface area contributed by atoms with Gasteiger partial charge in [0.25, 0.3) is 0 Å². The SMILES string of the molecule is O=C1C[C@@H]2OCC=C3CN4CC[C@]56c7ccccc7N1[C@H]5[C@@H]2[C@H]3C[C@@H]46. The Bertz CT molecular complexity index is 848. The van der Waals surface area contributed by atoms with Crippen molar-refractivity contribution in [2.75, 3.05) is 24.6 Å². The molecule has 128 valence electrons. The van der Waals surface area contributed by atoms with Gasteiger partial charge in [0.15, 0.2) is 0 Å². The fourth-order valence-electron chi connectivity index (χ4n) is 7.51. The summed E-state index contributed by atoms with van der Waals surface area (Å²) in [5.41, 5.74) is 4.35. The molecule has 0 radical (unpaired) electrons. The Balaban J connectivity index is 1.55. The zero-order chi connectivity index (χ0) is 16.3. The van der Waals surface area contributed by atoms with E-state index in [9.17, 15) is 4.79 Å². The summed E-state index contributed by atoms with van der Waals surface area (Å²) < 4.78 is 6.25. The smallest absolute Gasteiger partial charge is 0.229 e. The van der Waals surface area contributed by atoms with Gasteiger partial charge in [-0.2, -0.15) is 0 Å². The Kier molecular flexibility index (Phi) is 2.27. The molecule has 1 aromatic rings. The monoisotopic (exact) mass is 334 g/mol. The molecule has 7 rings (SSSR count). The molecule has 4 nitrogen and oxygen atoms in total. The van der Waals surface area contributed by atoms with Gasteiger partial charge in [-0.3, -0.25) is 9.69 Å². The van der Waals surface area contributed by atoms with Crippen molar-refractivity contribution in [2.45, 2.75) is 42.9 Å². The summed E-state index contributed by atoms with van der Waals surface area (Å²) in [6, 6.07) is 9.64. The summed E-state index contributed by atoms with van der Waals surface area (Å²) in [5.74, 6) is 1.35. The van der Waals surface area contributed by atoms with Gasteiger partial charge in [-0.25, -0.2) is 0 Å². The average Bonchev–Trinajstić information content (AvgIpc) is 3.10. The highest BCUT2D eigenvalue weighted by Crippen LogP contribution is 2.65. The van der Waals surface area contributed by atoms with Gasteiger partial charge in [-0.1, -0.05) is 29.8 Å². The largest absolute Gasteiger partial charge is 0.373 e. The number of amides is 1. The van der Waals surface area contributed by atoms with E-state index in [-0.39, 0.29) is 17.4 Å². The molecule has 4 fully saturated rings. The van der Waals surface area contributed by atoms with Crippen LogP contribution in [-0.4, -0.2) is 48.7 Å². The molecule has 1 spiro atoms. The van der Waals surface area contributed by atoms with Crippen molar-refractivity contribution in [3.8, 4) is 0 Å². The Labute approximate surface area is 147 Å². The van der Waals surface area contributed by atoms with E-state index < -0.39 is 0 Å². The number of piperidine rings is 2. The average molecular weight is 334 g/mol. The third-order valence-electron chi connectivity index (χ3n) is 8.22. The second-order valence-electron chi connectivity index (χ2n) is 8.78. The van der Waals surface area contributed by atoms with Crippen molar-refractivity contribution in [1.82, 2.24) is 4.90 Å². The van der Waals surface area contributed by atoms with Crippen LogP contribution in [0.1, 0.15) is 24.8 Å². The van der Waals surface area contributed by atoms with E-state index in [1.54, 1.807) is 5.57 Å². The Morgan fingerprint density at radius 3 is 3.12 bits per heavy atom. The molecule has 5 heterocycles. The third kappa shape index (κ3) is 1.33. The molecule has 0 aromatic heterocycles. The van der Waals surface area contributed by atoms with Crippen LogP contribution in [0.4, 0.5) is 5.69 Å². The van der Waals surface area contributed by atoms with Gasteiger partial charge in [-0.15, -0.1) is 0 Å². The molecule has 3 saturated heterocycles. The van der Waals surface area contributed by atoms with Gasteiger partial charge < -0.3 is 9.64 Å². The molecular formula is C21H22N2O2. The number of ether oxygens (including phenoxy) is 1. The molecule has 6 aliphatic rings. The first-order valence-electron chi connectivity index (χ1n) is 9.75. The molecule has 1 saturated carbocycles. The lowest BCUT2D eigenvalue weighted by Gasteiger charge is -2.58. The Morgan fingerprint density at radius 1 is 1.24 bits per heavy atom. The van der Waals surface area contributed by atoms with E-state index >= 15 is 0 Å². The molecule has 6 atom stereocenters. The minimum Gasteiger partial charge on any atom is -0.373 e. The maximum absolute atomic E-state index is 13.2. The summed E-state index contributed by atoms with van der Waals surface area (Å²) in [5, 5.41) is 0. The normalized spacial score (nSPS) is 45.9. The number of para-hydroxylation sites is 1. The second kappa shape index (κ2) is 4.18. The first-order chi connectivity index (χ1) is 12.3. The molecular weight excluding hydrogens is 312 g/mol. The van der Waals surface area contributed by atoms with E-state index in [0.717, 1.165) is 6.54 Å². The predicted molar refractivity (Wildman–Crippen MR) is 93.4 cm³/mol. The Hall–Kier alpha value is -1.65. The van der Waals surface area contributed by atoms with Crippen LogP contribution in [0.5, 0.6) is 0 Å². The van der Waals surface area contributed by atoms with E-state index in [4.69, 9.17) is 4.74 Å². The molecule has 1 aromatic carbocycles. The maximum Gasteiger partial charge on any atom is 0.229 e. The molecule has 0 unspecified atom stereocenters. The molecule has 4 heteroatoms. The van der Waals surface area contributed by atoms with Gasteiger partial charge in [0.1, 0.15) is 0 Å². The Morgan fingerprint density at radius 2 is 2.16 bits per heavy atom. The number of carbonyl (C=O) groups excluding carboxylic acids is 1. The maximum atomic E-state index is 13.2. The fraction of sp³-hybridized carbons (Fsp3) is 0.571. The standard InChI is InChI=1S/C21H22N2O2/c24-18-10-16-19-13-9-17-21(6-7-22(17)11-12(13)5-8-25-16)14-3-1-2-4-15(14)23(18)20(19)21/h1-5,13,16-17,19-20H,6-11H2/t13-,16-,17+,19+,20-,21+/m0/s1. The lowest BCUT2D eigenvalue weighted by atomic mass is 9.53. The van der Waals surface area contributed by atoms with Crippen LogP contribution in [-0.2, 0) is 14.9 Å². The molecule has 25 heavy (non-hydrogen) atoms. The van der Waals surface area contributed by atoms with Crippen molar-refractivity contribution >= 4 is 11.6 Å². The predicted octanol–water partition coefficient (Wildman–Crippen LogP) is 2.09. The van der Waals surface area contributed by atoms with Crippen LogP contribution < -0.4 is 4.90 Å². The highest BCUT2D eigenvalue weighted by atomic mass is 16.5. The van der Waals surface area contributed by atoms with E-state index in [0.29, 0.717) is 36.9 Å². The molecule has 2 bridgehead atoms. The molecule has 5 aliphatic heterocycles. The van der Waals surface area contributed by atoms with E-state index in [1.165, 1.54) is 30.6 Å². The number of hydrogen-bond acceptors (Lipinski definition) is 3. The number of nitrogens with zero attached hydrogens (tertiary/aromatic N) is 2. The van der Waals surface area contributed by atoms with E-state index in [1.807, 2.05) is 0 Å². The molecule has 1 aliphatic carbocycles. The minimum absolute atomic E-state index is 0.104. The molecule has 1 amide bonds. The van der Waals surface area contributed by atoms with Crippen molar-refractivity contribution in [3.63, 3.8) is 0 Å². The van der Waals surface area contributed by atoms with Crippen LogP contribution in [0.25, 0.3) is 0 Å². The number of rotatable bonds is 0. The topological polar surface area (TPSA) is 32.8 Å². The van der Waals surface area contributed by atoms with Crippen molar-refractivity contribution < 1.29 is 9.53 Å². The van der Waals surface area contributed by atoms with Crippen LogP contribution in [0.2, 0.25) is 0 Å². The lowest BCUT2D eigenvalue weighted by molar-refractivity contribution is -0.132. The fourth-order valence-corrected chi connectivity index (χ4v) is 7.51. The minimum atomic E-state index is 0.104. The number of hydrogen-bond donors (Lipinski definition) is 0. The summed E-state index contributed by atoms with van der Waals surface area (Å²) in [4.78, 5) is 18.1. The van der Waals surface area contributed by atoms with Crippen LogP contribution in [0.3, 0.4) is 0 Å². The second-order valence-corrected chi connectivity index (χ2v) is 8.78. The lowest BCUT2D eigenvalue weighted by Crippen LogP contribution is -2.69. The van der Waals surface area contributed by atoms with Gasteiger partial charge in [0.2, 0.25) is 5.91 Å². The van der Waals surface area contributed by atoms with Crippen molar-refractivity contribution in [2.24, 2.45) is 11.8 Å². The number of fused-ring (bicyclic) bond motifs is 2. The number of benzene rings is 1. The molecule has 0 N–H and O–H groups in total.